The van der Waals surface area contributed by atoms with Crippen LogP contribution in [0.3, 0.4) is 0 Å². The van der Waals surface area contributed by atoms with Gasteiger partial charge in [0.25, 0.3) is 0 Å². The molecule has 10 heteroatoms. The lowest BCUT2D eigenvalue weighted by Crippen LogP contribution is -2.42. The summed E-state index contributed by atoms with van der Waals surface area (Å²) in [5, 5.41) is 9.87. The van der Waals surface area contributed by atoms with E-state index in [1.807, 2.05) is 0 Å². The monoisotopic (exact) mass is 474 g/mol. The highest BCUT2D eigenvalue weighted by Crippen LogP contribution is 2.68. The van der Waals surface area contributed by atoms with Crippen molar-refractivity contribution in [2.45, 2.75) is 29.0 Å². The number of rotatable bonds is 4. The van der Waals surface area contributed by atoms with Crippen LogP contribution >= 0.6 is 23.1 Å². The number of hydrogen-bond acceptors (Lipinski definition) is 6. The number of imide groups is 1. The minimum Gasteiger partial charge on any atom is -0.481 e. The highest BCUT2D eigenvalue weighted by Gasteiger charge is 2.69. The van der Waals surface area contributed by atoms with Crippen LogP contribution in [-0.4, -0.2) is 44.6 Å². The number of amides is 2. The van der Waals surface area contributed by atoms with Crippen LogP contribution in [0.2, 0.25) is 0 Å². The SMILES string of the molecule is O=C(O)CCN1C(=O)C2C3CC(C2C1=O)C1C(c2ccc(F)cc2)c2sc(=O)[nH]c2SC31. The number of H-pyrrole nitrogens is 1. The summed E-state index contributed by atoms with van der Waals surface area (Å²) in [6.07, 6.45) is 0.503. The predicted octanol–water partition coefficient (Wildman–Crippen LogP) is 2.52. The van der Waals surface area contributed by atoms with E-state index in [9.17, 15) is 23.6 Å². The van der Waals surface area contributed by atoms with Gasteiger partial charge in [-0.25, -0.2) is 4.39 Å². The normalized spacial score (nSPS) is 34.5. The van der Waals surface area contributed by atoms with Crippen molar-refractivity contribution < 1.29 is 23.9 Å². The lowest BCUT2D eigenvalue weighted by molar-refractivity contribution is -0.142. The van der Waals surface area contributed by atoms with Gasteiger partial charge in [-0.2, -0.15) is 0 Å². The Balaban J connectivity index is 1.41. The number of carbonyl (C=O) groups excluding carboxylic acids is 2. The number of aromatic nitrogens is 1. The summed E-state index contributed by atoms with van der Waals surface area (Å²) in [7, 11) is 0. The number of carbonyl (C=O) groups is 3. The highest BCUT2D eigenvalue weighted by molar-refractivity contribution is 8.00. The van der Waals surface area contributed by atoms with Crippen molar-refractivity contribution in [3.63, 3.8) is 0 Å². The average Bonchev–Trinajstić information content (AvgIpc) is 3.47. The van der Waals surface area contributed by atoms with Crippen molar-refractivity contribution >= 4 is 40.9 Å². The molecule has 2 aliphatic heterocycles. The minimum absolute atomic E-state index is 0.00854. The zero-order valence-corrected chi connectivity index (χ0v) is 18.3. The fourth-order valence-electron chi connectivity index (χ4n) is 6.55. The van der Waals surface area contributed by atoms with Crippen molar-refractivity contribution in [3.05, 3.63) is 50.2 Å². The van der Waals surface area contributed by atoms with Crippen molar-refractivity contribution in [2.75, 3.05) is 6.54 Å². The number of thiazole rings is 1. The smallest absolute Gasteiger partial charge is 0.305 e. The predicted molar refractivity (Wildman–Crippen MR) is 114 cm³/mol. The van der Waals surface area contributed by atoms with Crippen molar-refractivity contribution in [2.24, 2.45) is 29.6 Å². The van der Waals surface area contributed by atoms with Crippen LogP contribution in [-0.2, 0) is 14.4 Å². The number of fused-ring (bicyclic) bond motifs is 9. The van der Waals surface area contributed by atoms with Gasteiger partial charge in [-0.15, -0.1) is 11.8 Å². The van der Waals surface area contributed by atoms with Gasteiger partial charge in [0.1, 0.15) is 5.82 Å². The number of likely N-dealkylation sites (tertiary alicyclic amines) is 1. The lowest BCUT2D eigenvalue weighted by Gasteiger charge is -2.43. The number of hydrogen-bond donors (Lipinski definition) is 2. The van der Waals surface area contributed by atoms with E-state index < -0.39 is 17.8 Å². The molecule has 0 radical (unpaired) electrons. The maximum Gasteiger partial charge on any atom is 0.305 e. The third-order valence-corrected chi connectivity index (χ3v) is 10.2. The molecule has 1 aromatic heterocycles. The molecule has 1 aromatic carbocycles. The van der Waals surface area contributed by atoms with Gasteiger partial charge in [-0.1, -0.05) is 23.5 Å². The van der Waals surface area contributed by atoms with Crippen LogP contribution < -0.4 is 4.87 Å². The van der Waals surface area contributed by atoms with E-state index in [1.165, 1.54) is 12.1 Å². The summed E-state index contributed by atoms with van der Waals surface area (Å²) >= 11 is 2.75. The van der Waals surface area contributed by atoms with Gasteiger partial charge in [-0.05, 0) is 41.9 Å². The molecular weight excluding hydrogens is 455 g/mol. The molecule has 3 heterocycles. The Morgan fingerprint density at radius 3 is 2.50 bits per heavy atom. The number of aromatic amines is 1. The Hall–Kier alpha value is -2.46. The molecular formula is C22H19FN2O5S2. The van der Waals surface area contributed by atoms with Crippen LogP contribution in [0.15, 0.2) is 34.1 Å². The molecule has 2 aromatic rings. The molecule has 2 saturated carbocycles. The van der Waals surface area contributed by atoms with Crippen molar-refractivity contribution in [1.82, 2.24) is 9.88 Å². The van der Waals surface area contributed by atoms with Crippen molar-refractivity contribution in [1.29, 1.82) is 0 Å². The molecule has 166 valence electrons. The molecule has 0 spiro atoms. The van der Waals surface area contributed by atoms with Gasteiger partial charge in [0.2, 0.25) is 11.8 Å². The summed E-state index contributed by atoms with van der Waals surface area (Å²) in [5.74, 6) is -2.89. The molecule has 2 bridgehead atoms. The standard InChI is InChI=1S/C22H19FN2O5S2/c23-9-3-1-8(2-4-9)13-14-10-7-11(17(14)31-19-18(13)32-22(30)24-19)16-15(10)20(28)25(21(16)29)6-5-12(26)27/h1-4,10-11,13-17H,5-7H2,(H,24,30)(H,26,27). The molecule has 4 aliphatic rings. The number of benzene rings is 1. The quantitative estimate of drug-likeness (QED) is 0.660. The summed E-state index contributed by atoms with van der Waals surface area (Å²) in [5.41, 5.74) is 0.904. The van der Waals surface area contributed by atoms with Gasteiger partial charge in [0.05, 0.1) is 23.3 Å². The van der Waals surface area contributed by atoms with E-state index in [-0.39, 0.29) is 64.4 Å². The number of carboxylic acid groups (broad SMARTS) is 1. The van der Waals surface area contributed by atoms with Crippen LogP contribution in [0.25, 0.3) is 0 Å². The zero-order valence-electron chi connectivity index (χ0n) is 16.7. The van der Waals surface area contributed by atoms with E-state index >= 15 is 0 Å². The largest absolute Gasteiger partial charge is 0.481 e. The highest BCUT2D eigenvalue weighted by atomic mass is 32.2. The first-order valence-corrected chi connectivity index (χ1v) is 12.3. The molecule has 6 rings (SSSR count). The number of halogens is 1. The molecule has 32 heavy (non-hydrogen) atoms. The maximum absolute atomic E-state index is 13.6. The molecule has 7 unspecified atom stereocenters. The Morgan fingerprint density at radius 2 is 1.81 bits per heavy atom. The number of nitrogens with zero attached hydrogens (tertiary/aromatic N) is 1. The second-order valence-corrected chi connectivity index (χ2v) is 11.2. The van der Waals surface area contributed by atoms with Crippen LogP contribution in [0.4, 0.5) is 4.39 Å². The second-order valence-electron chi connectivity index (χ2n) is 8.98. The lowest BCUT2D eigenvalue weighted by atomic mass is 9.68. The van der Waals surface area contributed by atoms with Crippen molar-refractivity contribution in [3.8, 4) is 0 Å². The average molecular weight is 475 g/mol. The fourth-order valence-corrected chi connectivity index (χ4v) is 9.44. The summed E-state index contributed by atoms with van der Waals surface area (Å²) in [6.45, 7) is -0.0933. The molecule has 2 N–H and O–H groups in total. The van der Waals surface area contributed by atoms with Gasteiger partial charge < -0.3 is 10.1 Å². The Labute approximate surface area is 190 Å². The number of carboxylic acids is 1. The zero-order chi connectivity index (χ0) is 22.3. The third kappa shape index (κ3) is 2.71. The van der Waals surface area contributed by atoms with E-state index in [0.717, 1.165) is 38.1 Å². The van der Waals surface area contributed by atoms with E-state index in [4.69, 9.17) is 5.11 Å². The van der Waals surface area contributed by atoms with Crippen LogP contribution in [0.1, 0.15) is 29.2 Å². The fraction of sp³-hybridized carbons (Fsp3) is 0.455. The first-order valence-electron chi connectivity index (χ1n) is 10.6. The third-order valence-electron chi connectivity index (χ3n) is 7.59. The first kappa shape index (κ1) is 20.2. The number of nitrogens with one attached hydrogen (secondary N) is 1. The number of aliphatic carboxylic acids is 1. The molecule has 1 saturated heterocycles. The van der Waals surface area contributed by atoms with Crippen LogP contribution in [0.5, 0.6) is 0 Å². The summed E-state index contributed by atoms with van der Waals surface area (Å²) in [6, 6.07) is 6.31. The molecule has 2 amide bonds. The Bertz CT molecular complexity index is 1210. The topological polar surface area (TPSA) is 108 Å². The second kappa shape index (κ2) is 7.02. The van der Waals surface area contributed by atoms with Gasteiger partial charge >= 0.3 is 10.8 Å². The molecule has 3 fully saturated rings. The van der Waals surface area contributed by atoms with E-state index in [2.05, 4.69) is 4.98 Å². The van der Waals surface area contributed by atoms with Gasteiger partial charge in [0, 0.05) is 22.6 Å². The Kier molecular flexibility index (Phi) is 4.42. The van der Waals surface area contributed by atoms with E-state index in [0.29, 0.717) is 0 Å². The van der Waals surface area contributed by atoms with Gasteiger partial charge in [0.15, 0.2) is 0 Å². The van der Waals surface area contributed by atoms with Gasteiger partial charge in [-0.3, -0.25) is 24.1 Å². The summed E-state index contributed by atoms with van der Waals surface area (Å²) < 4.78 is 13.6. The summed E-state index contributed by atoms with van der Waals surface area (Å²) in [4.78, 5) is 54.4. The molecule has 7 atom stereocenters. The van der Waals surface area contributed by atoms with E-state index in [1.54, 1.807) is 23.9 Å². The Morgan fingerprint density at radius 1 is 1.12 bits per heavy atom. The maximum atomic E-state index is 13.6. The molecule has 7 nitrogen and oxygen atoms in total. The minimum atomic E-state index is -1.04. The number of thioether (sulfide) groups is 1. The first-order chi connectivity index (χ1) is 15.3. The molecule has 2 aliphatic carbocycles. The van der Waals surface area contributed by atoms with Crippen LogP contribution in [0, 0.1) is 35.4 Å².